The van der Waals surface area contributed by atoms with Crippen LogP contribution < -0.4 is 5.73 Å². The third-order valence-electron chi connectivity index (χ3n) is 2.72. The van der Waals surface area contributed by atoms with Crippen molar-refractivity contribution in [2.75, 3.05) is 32.5 Å². The first-order valence-corrected chi connectivity index (χ1v) is 6.32. The molecule has 0 fully saturated rings. The Morgan fingerprint density at radius 2 is 2.16 bits per heavy atom. The van der Waals surface area contributed by atoms with Crippen LogP contribution in [-0.4, -0.2) is 42.7 Å². The molecule has 0 bridgehead atoms. The summed E-state index contributed by atoms with van der Waals surface area (Å²) in [5.41, 5.74) is 6.23. The maximum Gasteiger partial charge on any atom is 0.254 e. The summed E-state index contributed by atoms with van der Waals surface area (Å²) in [6, 6.07) is 4.56. The molecule has 5 nitrogen and oxygen atoms in total. The van der Waals surface area contributed by atoms with E-state index in [1.54, 1.807) is 18.1 Å². The van der Waals surface area contributed by atoms with Gasteiger partial charge in [-0.25, -0.2) is 0 Å². The fourth-order valence-corrected chi connectivity index (χ4v) is 1.78. The molecular weight excluding hydrogens is 244 g/mol. The van der Waals surface area contributed by atoms with Gasteiger partial charge in [-0.05, 0) is 24.1 Å². The largest absolute Gasteiger partial charge is 0.506 e. The third-order valence-corrected chi connectivity index (χ3v) is 2.72. The molecule has 1 rings (SSSR count). The van der Waals surface area contributed by atoms with E-state index in [0.29, 0.717) is 31.2 Å². The van der Waals surface area contributed by atoms with Gasteiger partial charge in [0, 0.05) is 25.8 Å². The van der Waals surface area contributed by atoms with Gasteiger partial charge < -0.3 is 20.5 Å². The van der Waals surface area contributed by atoms with Gasteiger partial charge in [0.25, 0.3) is 5.91 Å². The highest BCUT2D eigenvalue weighted by Crippen LogP contribution is 2.21. The number of carbonyl (C=O) groups is 1. The van der Waals surface area contributed by atoms with Crippen LogP contribution in [0.4, 0.5) is 5.69 Å². The summed E-state index contributed by atoms with van der Waals surface area (Å²) in [5.74, 6) is 0.173. The minimum Gasteiger partial charge on any atom is -0.506 e. The van der Waals surface area contributed by atoms with Crippen molar-refractivity contribution < 1.29 is 14.6 Å². The first-order valence-electron chi connectivity index (χ1n) is 6.32. The van der Waals surface area contributed by atoms with Crippen LogP contribution in [0.1, 0.15) is 24.2 Å². The van der Waals surface area contributed by atoms with E-state index in [-0.39, 0.29) is 17.3 Å². The van der Waals surface area contributed by atoms with Crippen LogP contribution in [0.15, 0.2) is 18.2 Å². The second-order valence-corrected chi connectivity index (χ2v) is 4.91. The van der Waals surface area contributed by atoms with Gasteiger partial charge in [0.2, 0.25) is 0 Å². The van der Waals surface area contributed by atoms with Crippen molar-refractivity contribution in [3.63, 3.8) is 0 Å². The van der Waals surface area contributed by atoms with E-state index in [2.05, 4.69) is 0 Å². The molecule has 0 unspecified atom stereocenters. The molecule has 106 valence electrons. The van der Waals surface area contributed by atoms with Crippen LogP contribution in [0.25, 0.3) is 0 Å². The van der Waals surface area contributed by atoms with Crippen LogP contribution in [0.2, 0.25) is 0 Å². The highest BCUT2D eigenvalue weighted by Gasteiger charge is 2.17. The Balaban J connectivity index is 2.87. The Morgan fingerprint density at radius 3 is 2.68 bits per heavy atom. The van der Waals surface area contributed by atoms with Crippen molar-refractivity contribution >= 4 is 11.6 Å². The van der Waals surface area contributed by atoms with Crippen LogP contribution in [0.3, 0.4) is 0 Å². The monoisotopic (exact) mass is 266 g/mol. The van der Waals surface area contributed by atoms with Gasteiger partial charge in [-0.3, -0.25) is 4.79 Å². The number of nitrogens with zero attached hydrogens (tertiary/aromatic N) is 1. The lowest BCUT2D eigenvalue weighted by molar-refractivity contribution is 0.0672. The number of rotatable bonds is 6. The molecule has 0 aliphatic carbocycles. The second-order valence-electron chi connectivity index (χ2n) is 4.91. The number of amides is 1. The Bertz CT molecular complexity index is 433. The predicted molar refractivity (Wildman–Crippen MR) is 75.1 cm³/mol. The van der Waals surface area contributed by atoms with E-state index in [1.165, 1.54) is 12.1 Å². The van der Waals surface area contributed by atoms with Gasteiger partial charge in [-0.1, -0.05) is 13.8 Å². The van der Waals surface area contributed by atoms with Gasteiger partial charge in [-0.15, -0.1) is 0 Å². The van der Waals surface area contributed by atoms with Gasteiger partial charge in [0.05, 0.1) is 12.3 Å². The number of phenolic OH excluding ortho intramolecular Hbond substituents is 1. The number of benzene rings is 1. The molecule has 0 aliphatic heterocycles. The van der Waals surface area contributed by atoms with Gasteiger partial charge in [0.1, 0.15) is 5.75 Å². The average Bonchev–Trinajstić information content (AvgIpc) is 2.36. The lowest BCUT2D eigenvalue weighted by Crippen LogP contribution is -2.36. The highest BCUT2D eigenvalue weighted by atomic mass is 16.5. The molecule has 0 radical (unpaired) electrons. The van der Waals surface area contributed by atoms with Crippen LogP contribution in [-0.2, 0) is 4.74 Å². The van der Waals surface area contributed by atoms with E-state index in [4.69, 9.17) is 10.5 Å². The maximum atomic E-state index is 12.4. The number of nitrogen functional groups attached to an aromatic ring is 1. The molecule has 1 amide bonds. The van der Waals surface area contributed by atoms with E-state index >= 15 is 0 Å². The number of carbonyl (C=O) groups excluding carboxylic acids is 1. The highest BCUT2D eigenvalue weighted by molar-refractivity contribution is 5.95. The van der Waals surface area contributed by atoms with Crippen molar-refractivity contribution in [3.05, 3.63) is 23.8 Å². The Hall–Kier alpha value is -1.75. The third kappa shape index (κ3) is 4.44. The van der Waals surface area contributed by atoms with Crippen molar-refractivity contribution in [2.24, 2.45) is 5.92 Å². The molecule has 1 aromatic rings. The number of ether oxygens (including phenoxy) is 1. The summed E-state index contributed by atoms with van der Waals surface area (Å²) in [6.45, 7) is 5.76. The lowest BCUT2D eigenvalue weighted by Gasteiger charge is -2.24. The molecule has 0 heterocycles. The Labute approximate surface area is 114 Å². The number of hydrogen-bond acceptors (Lipinski definition) is 4. The summed E-state index contributed by atoms with van der Waals surface area (Å²) >= 11 is 0. The molecule has 1 aromatic carbocycles. The quantitative estimate of drug-likeness (QED) is 0.607. The van der Waals surface area contributed by atoms with E-state index in [1.807, 2.05) is 13.8 Å². The fraction of sp³-hybridized carbons (Fsp3) is 0.500. The molecule has 0 saturated carbocycles. The fourth-order valence-electron chi connectivity index (χ4n) is 1.78. The Kier molecular flexibility index (Phi) is 5.63. The van der Waals surface area contributed by atoms with Gasteiger partial charge in [-0.2, -0.15) is 0 Å². The summed E-state index contributed by atoms with van der Waals surface area (Å²) in [6.07, 6.45) is 0. The Morgan fingerprint density at radius 1 is 1.47 bits per heavy atom. The molecule has 19 heavy (non-hydrogen) atoms. The summed E-state index contributed by atoms with van der Waals surface area (Å²) in [5, 5.41) is 9.57. The molecular formula is C14H22N2O3. The van der Waals surface area contributed by atoms with Crippen molar-refractivity contribution in [1.82, 2.24) is 4.90 Å². The molecule has 0 aromatic heterocycles. The SMILES string of the molecule is COCCN(CC(C)C)C(=O)c1ccc(N)c(O)c1. The topological polar surface area (TPSA) is 75.8 Å². The molecule has 0 saturated heterocycles. The summed E-state index contributed by atoms with van der Waals surface area (Å²) < 4.78 is 5.02. The molecule has 0 spiro atoms. The van der Waals surface area contributed by atoms with Crippen LogP contribution in [0, 0.1) is 5.92 Å². The average molecular weight is 266 g/mol. The zero-order valence-corrected chi connectivity index (χ0v) is 11.7. The summed E-state index contributed by atoms with van der Waals surface area (Å²) in [7, 11) is 1.60. The van der Waals surface area contributed by atoms with E-state index in [9.17, 15) is 9.90 Å². The van der Waals surface area contributed by atoms with Gasteiger partial charge in [0.15, 0.2) is 0 Å². The van der Waals surface area contributed by atoms with E-state index in [0.717, 1.165) is 0 Å². The molecule has 0 aliphatic rings. The summed E-state index contributed by atoms with van der Waals surface area (Å²) in [4.78, 5) is 14.1. The molecule has 0 atom stereocenters. The number of phenols is 1. The maximum absolute atomic E-state index is 12.4. The number of aromatic hydroxyl groups is 1. The minimum absolute atomic E-state index is 0.0675. The number of hydrogen-bond donors (Lipinski definition) is 2. The first kappa shape index (κ1) is 15.3. The van der Waals surface area contributed by atoms with Crippen LogP contribution in [0.5, 0.6) is 5.75 Å². The molecule has 5 heteroatoms. The number of methoxy groups -OCH3 is 1. The zero-order chi connectivity index (χ0) is 14.4. The minimum atomic E-state index is -0.124. The van der Waals surface area contributed by atoms with Crippen LogP contribution >= 0.6 is 0 Å². The smallest absolute Gasteiger partial charge is 0.254 e. The predicted octanol–water partition coefficient (Wildman–Crippen LogP) is 1.72. The second kappa shape index (κ2) is 6.99. The zero-order valence-electron chi connectivity index (χ0n) is 11.7. The van der Waals surface area contributed by atoms with Crippen molar-refractivity contribution in [2.45, 2.75) is 13.8 Å². The number of anilines is 1. The van der Waals surface area contributed by atoms with Gasteiger partial charge >= 0.3 is 0 Å². The lowest BCUT2D eigenvalue weighted by atomic mass is 10.1. The standard InChI is InChI=1S/C14H22N2O3/c1-10(2)9-16(6-7-19-3)14(18)11-4-5-12(15)13(17)8-11/h4-5,8,10,17H,6-7,9,15H2,1-3H3. The van der Waals surface area contributed by atoms with Crippen molar-refractivity contribution in [3.8, 4) is 5.75 Å². The normalized spacial score (nSPS) is 10.7. The first-order chi connectivity index (χ1) is 8.95. The van der Waals surface area contributed by atoms with E-state index < -0.39 is 0 Å². The van der Waals surface area contributed by atoms with Crippen molar-refractivity contribution in [1.29, 1.82) is 0 Å². The molecule has 3 N–H and O–H groups in total. The number of nitrogens with two attached hydrogens (primary N) is 1.